The van der Waals surface area contributed by atoms with Crippen molar-refractivity contribution in [2.24, 2.45) is 0 Å². The Morgan fingerprint density at radius 1 is 1.15 bits per heavy atom. The average Bonchev–Trinajstić information content (AvgIpc) is 3.25. The first-order chi connectivity index (χ1) is 9.70. The molecule has 1 fully saturated rings. The normalized spacial score (nSPS) is 14.3. The molecule has 20 heavy (non-hydrogen) atoms. The fourth-order valence-corrected chi connectivity index (χ4v) is 2.12. The third kappa shape index (κ3) is 3.63. The van der Waals surface area contributed by atoms with Crippen LogP contribution in [0.3, 0.4) is 0 Å². The molecule has 0 unspecified atom stereocenters. The summed E-state index contributed by atoms with van der Waals surface area (Å²) in [6, 6.07) is 9.75. The maximum absolute atomic E-state index is 5.96. The minimum Gasteiger partial charge on any atom is -0.439 e. The molecule has 3 rings (SSSR count). The monoisotopic (exact) mass is 308 g/mol. The fourth-order valence-electron chi connectivity index (χ4n) is 1.83. The molecule has 0 aliphatic heterocycles. The zero-order valence-electron chi connectivity index (χ0n) is 10.8. The molecule has 0 radical (unpaired) electrons. The fraction of sp³-hybridized carbons (Fsp3) is 0.267. The van der Waals surface area contributed by atoms with Crippen molar-refractivity contribution >= 4 is 23.2 Å². The van der Waals surface area contributed by atoms with Gasteiger partial charge in [0.2, 0.25) is 5.88 Å². The number of hydrogen-bond acceptors (Lipinski definition) is 3. The zero-order chi connectivity index (χ0) is 13.9. The summed E-state index contributed by atoms with van der Waals surface area (Å²) in [5.41, 5.74) is 1.15. The Kier molecular flexibility index (Phi) is 4.10. The number of benzene rings is 1. The molecule has 1 saturated carbocycles. The number of nitrogens with one attached hydrogen (secondary N) is 1. The van der Waals surface area contributed by atoms with Crippen LogP contribution in [0.25, 0.3) is 0 Å². The van der Waals surface area contributed by atoms with Crippen LogP contribution >= 0.6 is 23.2 Å². The van der Waals surface area contributed by atoms with E-state index in [1.165, 1.54) is 12.8 Å². The van der Waals surface area contributed by atoms with Gasteiger partial charge >= 0.3 is 0 Å². The summed E-state index contributed by atoms with van der Waals surface area (Å²) in [6.07, 6.45) is 4.30. The van der Waals surface area contributed by atoms with Crippen LogP contribution in [-0.2, 0) is 6.54 Å². The van der Waals surface area contributed by atoms with Gasteiger partial charge in [-0.2, -0.15) is 0 Å². The van der Waals surface area contributed by atoms with E-state index in [1.807, 2.05) is 12.1 Å². The summed E-state index contributed by atoms with van der Waals surface area (Å²) < 4.78 is 5.70. The lowest BCUT2D eigenvalue weighted by atomic mass is 10.2. The van der Waals surface area contributed by atoms with Gasteiger partial charge in [-0.3, -0.25) is 0 Å². The Labute approximate surface area is 127 Å². The van der Waals surface area contributed by atoms with Crippen molar-refractivity contribution in [1.82, 2.24) is 10.3 Å². The van der Waals surface area contributed by atoms with Crippen LogP contribution in [0.5, 0.6) is 11.6 Å². The van der Waals surface area contributed by atoms with E-state index in [0.29, 0.717) is 27.7 Å². The SMILES string of the molecule is Clc1ccc(Oc2cc(CNC3CC3)ccn2)cc1Cl. The molecule has 1 aliphatic rings. The minimum atomic E-state index is 0.468. The lowest BCUT2D eigenvalue weighted by Crippen LogP contribution is -2.15. The summed E-state index contributed by atoms with van der Waals surface area (Å²) in [5, 5.41) is 4.44. The third-order valence-electron chi connectivity index (χ3n) is 3.08. The van der Waals surface area contributed by atoms with Gasteiger partial charge < -0.3 is 10.1 Å². The van der Waals surface area contributed by atoms with Crippen molar-refractivity contribution in [2.45, 2.75) is 25.4 Å². The molecule has 3 nitrogen and oxygen atoms in total. The molecule has 0 bridgehead atoms. The molecular weight excluding hydrogens is 295 g/mol. The van der Waals surface area contributed by atoms with Crippen molar-refractivity contribution in [3.63, 3.8) is 0 Å². The van der Waals surface area contributed by atoms with Gasteiger partial charge in [0.1, 0.15) is 5.75 Å². The minimum absolute atomic E-state index is 0.468. The molecular formula is C15H14Cl2N2O. The van der Waals surface area contributed by atoms with E-state index in [4.69, 9.17) is 27.9 Å². The van der Waals surface area contributed by atoms with Crippen molar-refractivity contribution in [1.29, 1.82) is 0 Å². The zero-order valence-corrected chi connectivity index (χ0v) is 12.3. The maximum atomic E-state index is 5.96. The second-order valence-corrected chi connectivity index (χ2v) is 5.65. The predicted molar refractivity (Wildman–Crippen MR) is 80.6 cm³/mol. The van der Waals surface area contributed by atoms with Gasteiger partial charge in [-0.05, 0) is 36.6 Å². The van der Waals surface area contributed by atoms with Crippen molar-refractivity contribution in [3.8, 4) is 11.6 Å². The molecule has 1 aromatic carbocycles. The van der Waals surface area contributed by atoms with Crippen LogP contribution in [0.15, 0.2) is 36.5 Å². The van der Waals surface area contributed by atoms with Gasteiger partial charge in [-0.25, -0.2) is 4.98 Å². The molecule has 1 N–H and O–H groups in total. The van der Waals surface area contributed by atoms with Crippen LogP contribution in [0.2, 0.25) is 10.0 Å². The standard InChI is InChI=1S/C15H14Cl2N2O/c16-13-4-3-12(8-14(13)17)20-15-7-10(5-6-18-15)9-19-11-1-2-11/h3-8,11,19H,1-2,9H2. The van der Waals surface area contributed by atoms with Crippen LogP contribution < -0.4 is 10.1 Å². The number of hydrogen-bond donors (Lipinski definition) is 1. The van der Waals surface area contributed by atoms with Gasteiger partial charge in [0.15, 0.2) is 0 Å². The molecule has 0 saturated heterocycles. The highest BCUT2D eigenvalue weighted by Gasteiger charge is 2.19. The maximum Gasteiger partial charge on any atom is 0.219 e. The van der Waals surface area contributed by atoms with Gasteiger partial charge in [0.25, 0.3) is 0 Å². The van der Waals surface area contributed by atoms with Gasteiger partial charge in [-0.1, -0.05) is 23.2 Å². The van der Waals surface area contributed by atoms with E-state index in [2.05, 4.69) is 10.3 Å². The molecule has 1 aliphatic carbocycles. The Morgan fingerprint density at radius 2 is 2.00 bits per heavy atom. The molecule has 1 heterocycles. The highest BCUT2D eigenvalue weighted by Crippen LogP contribution is 2.29. The number of aromatic nitrogens is 1. The second kappa shape index (κ2) is 6.00. The Bertz CT molecular complexity index is 615. The highest BCUT2D eigenvalue weighted by atomic mass is 35.5. The van der Waals surface area contributed by atoms with Crippen LogP contribution in [0.4, 0.5) is 0 Å². The Morgan fingerprint density at radius 3 is 2.75 bits per heavy atom. The lowest BCUT2D eigenvalue weighted by Gasteiger charge is -2.08. The number of rotatable bonds is 5. The molecule has 0 atom stereocenters. The largest absolute Gasteiger partial charge is 0.439 e. The quantitative estimate of drug-likeness (QED) is 0.887. The summed E-state index contributed by atoms with van der Waals surface area (Å²) in [6.45, 7) is 0.838. The second-order valence-electron chi connectivity index (χ2n) is 4.84. The third-order valence-corrected chi connectivity index (χ3v) is 3.82. The van der Waals surface area contributed by atoms with E-state index in [1.54, 1.807) is 24.4 Å². The van der Waals surface area contributed by atoms with Crippen molar-refractivity contribution in [2.75, 3.05) is 0 Å². The van der Waals surface area contributed by atoms with Gasteiger partial charge in [-0.15, -0.1) is 0 Å². The summed E-state index contributed by atoms with van der Waals surface area (Å²) >= 11 is 11.8. The summed E-state index contributed by atoms with van der Waals surface area (Å²) in [4.78, 5) is 4.20. The molecule has 2 aromatic rings. The number of halogens is 2. The van der Waals surface area contributed by atoms with E-state index in [-0.39, 0.29) is 0 Å². The Balaban J connectivity index is 1.69. The van der Waals surface area contributed by atoms with Gasteiger partial charge in [0, 0.05) is 30.9 Å². The molecule has 5 heteroatoms. The van der Waals surface area contributed by atoms with E-state index in [0.717, 1.165) is 12.1 Å². The van der Waals surface area contributed by atoms with Crippen LogP contribution in [0, 0.1) is 0 Å². The van der Waals surface area contributed by atoms with Gasteiger partial charge in [0.05, 0.1) is 10.0 Å². The Hall–Kier alpha value is -1.29. The molecule has 0 amide bonds. The first-order valence-corrected chi connectivity index (χ1v) is 7.27. The number of ether oxygens (including phenoxy) is 1. The highest BCUT2D eigenvalue weighted by molar-refractivity contribution is 6.42. The van der Waals surface area contributed by atoms with Crippen molar-refractivity contribution in [3.05, 3.63) is 52.1 Å². The van der Waals surface area contributed by atoms with E-state index in [9.17, 15) is 0 Å². The molecule has 104 valence electrons. The number of nitrogens with zero attached hydrogens (tertiary/aromatic N) is 1. The average molecular weight is 309 g/mol. The van der Waals surface area contributed by atoms with E-state index < -0.39 is 0 Å². The number of pyridine rings is 1. The van der Waals surface area contributed by atoms with Crippen molar-refractivity contribution < 1.29 is 4.74 Å². The van der Waals surface area contributed by atoms with Crippen LogP contribution in [0.1, 0.15) is 18.4 Å². The smallest absolute Gasteiger partial charge is 0.219 e. The topological polar surface area (TPSA) is 34.1 Å². The van der Waals surface area contributed by atoms with E-state index >= 15 is 0 Å². The summed E-state index contributed by atoms with van der Waals surface area (Å²) in [5.74, 6) is 1.18. The predicted octanol–water partition coefficient (Wildman–Crippen LogP) is 4.43. The molecule has 1 aromatic heterocycles. The first kappa shape index (κ1) is 13.7. The van der Waals surface area contributed by atoms with Crippen LogP contribution in [-0.4, -0.2) is 11.0 Å². The molecule has 0 spiro atoms. The summed E-state index contributed by atoms with van der Waals surface area (Å²) in [7, 11) is 0. The first-order valence-electron chi connectivity index (χ1n) is 6.52. The lowest BCUT2D eigenvalue weighted by molar-refractivity contribution is 0.461.